The zero-order valence-electron chi connectivity index (χ0n) is 5.26. The molecule has 0 aliphatic carbocycles. The predicted molar refractivity (Wildman–Crippen MR) is 24.1 cm³/mol. The summed E-state index contributed by atoms with van der Waals surface area (Å²) in [5, 5.41) is 0. The third-order valence-electron chi connectivity index (χ3n) is 0. The van der Waals surface area contributed by atoms with Crippen molar-refractivity contribution >= 4 is 0 Å². The molecule has 0 unspecified atom stereocenters. The van der Waals surface area contributed by atoms with Crippen molar-refractivity contribution in [2.24, 2.45) is 0 Å². The molecule has 0 rings (SSSR count). The summed E-state index contributed by atoms with van der Waals surface area (Å²) in [6.07, 6.45) is 0. The Morgan fingerprint density at radius 3 is 1.00 bits per heavy atom. The molecule has 0 aliphatic heterocycles. The van der Waals surface area contributed by atoms with Crippen LogP contribution in [0.15, 0.2) is 0 Å². The zero-order valence-corrected chi connectivity index (χ0v) is 10.4. The van der Waals surface area contributed by atoms with E-state index in [1.54, 1.807) is 0 Å². The number of hydrogen-bond acceptors (Lipinski definition) is 0. The summed E-state index contributed by atoms with van der Waals surface area (Å²) >= 11 is 0. The Hall–Kier alpha value is 1.41. The minimum atomic E-state index is -0.250. The summed E-state index contributed by atoms with van der Waals surface area (Å²) in [5.74, 6) is 0. The van der Waals surface area contributed by atoms with Gasteiger partial charge in [-0.2, -0.15) is 0 Å². The van der Waals surface area contributed by atoms with Gasteiger partial charge in [-0.3, -0.25) is 0 Å². The maximum atomic E-state index is 6.94. The summed E-state index contributed by atoms with van der Waals surface area (Å²) in [5.41, 5.74) is 6.69. The topological polar surface area (TPSA) is 23.8 Å². The third kappa shape index (κ3) is 153. The van der Waals surface area contributed by atoms with Gasteiger partial charge in [0.2, 0.25) is 0 Å². The molecule has 1 N–H and O–H groups in total. The van der Waals surface area contributed by atoms with Gasteiger partial charge in [-0.15, -0.1) is 5.54 Å². The molecule has 0 aromatic carbocycles. The second kappa shape index (κ2) is 8.41. The minimum absolute atomic E-state index is 0. The van der Waals surface area contributed by atoms with Crippen LogP contribution < -0.4 is 24.8 Å². The van der Waals surface area contributed by atoms with Crippen LogP contribution in [0, 0.1) is 0 Å². The Balaban J connectivity index is -0.0000000267. The third-order valence-corrected chi connectivity index (χ3v) is 0. The van der Waals surface area contributed by atoms with Gasteiger partial charge >= 0.3 is 0 Å². The molecule has 0 saturated carbocycles. The summed E-state index contributed by atoms with van der Waals surface area (Å²) in [7, 11) is 0. The second-order valence-corrected chi connectivity index (χ2v) is 2.25. The molecule has 0 amide bonds. The Labute approximate surface area is 82.4 Å². The van der Waals surface area contributed by atoms with Crippen molar-refractivity contribution in [1.29, 1.82) is 0 Å². The van der Waals surface area contributed by atoms with E-state index in [9.17, 15) is 0 Å². The number of halogens is 2. The van der Waals surface area contributed by atoms with Gasteiger partial charge in [-0.05, 0) is 0 Å². The molecular formula is C4H10Cl2HfN-3. The first-order chi connectivity index (χ1) is 2.00. The number of nitrogens with one attached hydrogen (secondary N) is 1. The van der Waals surface area contributed by atoms with Crippen LogP contribution in [0.25, 0.3) is 5.73 Å². The molecule has 52 valence electrons. The van der Waals surface area contributed by atoms with E-state index in [2.05, 4.69) is 0 Å². The molecule has 1 nitrogen and oxygen atoms in total. The van der Waals surface area contributed by atoms with Crippen LogP contribution in [0.2, 0.25) is 0 Å². The van der Waals surface area contributed by atoms with Gasteiger partial charge in [-0.25, -0.2) is 0 Å². The summed E-state index contributed by atoms with van der Waals surface area (Å²) in [6.45, 7) is 5.56. The molecule has 0 spiro atoms. The van der Waals surface area contributed by atoms with E-state index in [0.29, 0.717) is 0 Å². The molecule has 0 fully saturated rings. The van der Waals surface area contributed by atoms with Crippen LogP contribution in [0.4, 0.5) is 0 Å². The van der Waals surface area contributed by atoms with Gasteiger partial charge in [0, 0.05) is 25.8 Å². The molecular weight excluding hydrogens is 311 g/mol. The first-order valence-corrected chi connectivity index (χ1v) is 1.75. The molecule has 0 saturated heterocycles. The Morgan fingerprint density at radius 2 is 1.00 bits per heavy atom. The number of rotatable bonds is 0. The van der Waals surface area contributed by atoms with Gasteiger partial charge in [0.25, 0.3) is 0 Å². The summed E-state index contributed by atoms with van der Waals surface area (Å²) in [4.78, 5) is 0. The molecule has 0 atom stereocenters. The molecule has 8 heavy (non-hydrogen) atoms. The smallest absolute Gasteiger partial charge is 0 e. The summed E-state index contributed by atoms with van der Waals surface area (Å²) in [6, 6.07) is 0. The average Bonchev–Trinajstić information content (AvgIpc) is 0.722. The van der Waals surface area contributed by atoms with E-state index >= 15 is 0 Å². The van der Waals surface area contributed by atoms with Crippen molar-refractivity contribution in [3.63, 3.8) is 0 Å². The average molecular weight is 322 g/mol. The van der Waals surface area contributed by atoms with Crippen molar-refractivity contribution in [3.05, 3.63) is 5.73 Å². The Bertz CT molecular complexity index is 29.5. The fourth-order valence-corrected chi connectivity index (χ4v) is 0. The van der Waals surface area contributed by atoms with Crippen molar-refractivity contribution in [2.45, 2.75) is 26.3 Å². The van der Waals surface area contributed by atoms with Crippen molar-refractivity contribution in [3.8, 4) is 0 Å². The molecule has 0 aliphatic rings. The first-order valence-electron chi connectivity index (χ1n) is 1.75. The maximum absolute atomic E-state index is 6.94. The summed E-state index contributed by atoms with van der Waals surface area (Å²) < 4.78 is 0. The second-order valence-electron chi connectivity index (χ2n) is 2.25. The maximum Gasteiger partial charge on any atom is 0 e. The van der Waals surface area contributed by atoms with E-state index in [0.717, 1.165) is 0 Å². The normalized spacial score (nSPS) is 7.50. The van der Waals surface area contributed by atoms with Crippen molar-refractivity contribution < 1.29 is 50.7 Å². The van der Waals surface area contributed by atoms with E-state index in [4.69, 9.17) is 5.73 Å². The van der Waals surface area contributed by atoms with E-state index in [1.165, 1.54) is 0 Å². The molecule has 0 bridgehead atoms. The zero-order chi connectivity index (χ0) is 4.50. The monoisotopic (exact) mass is 322 g/mol. The molecule has 0 aromatic rings. The van der Waals surface area contributed by atoms with Crippen LogP contribution in [-0.4, -0.2) is 5.54 Å². The molecule has 0 heterocycles. The fourth-order valence-electron chi connectivity index (χ4n) is 0. The minimum Gasteiger partial charge on any atom is -1.00 e. The van der Waals surface area contributed by atoms with Gasteiger partial charge < -0.3 is 30.5 Å². The quantitative estimate of drug-likeness (QED) is 0.405. The SMILES string of the molecule is CC(C)(C)[NH-].[Cl-].[Cl-].[Hf]. The van der Waals surface area contributed by atoms with Crippen LogP contribution in [0.1, 0.15) is 20.8 Å². The van der Waals surface area contributed by atoms with E-state index in [-0.39, 0.29) is 56.2 Å². The fraction of sp³-hybridized carbons (Fsp3) is 1.00. The first kappa shape index (κ1) is 22.7. The van der Waals surface area contributed by atoms with Crippen molar-refractivity contribution in [2.75, 3.05) is 0 Å². The van der Waals surface area contributed by atoms with Crippen LogP contribution in [0.3, 0.4) is 0 Å². The van der Waals surface area contributed by atoms with E-state index in [1.807, 2.05) is 20.8 Å². The molecule has 4 heteroatoms. The van der Waals surface area contributed by atoms with Gasteiger partial charge in [0.15, 0.2) is 0 Å². The van der Waals surface area contributed by atoms with Crippen LogP contribution >= 0.6 is 0 Å². The number of hydrogen-bond donors (Lipinski definition) is 0. The Kier molecular flexibility index (Phi) is 23.9. The molecule has 0 aromatic heterocycles. The Morgan fingerprint density at radius 1 is 1.00 bits per heavy atom. The van der Waals surface area contributed by atoms with Gasteiger partial charge in [0.05, 0.1) is 0 Å². The van der Waals surface area contributed by atoms with Gasteiger partial charge in [-0.1, -0.05) is 20.8 Å². The van der Waals surface area contributed by atoms with Gasteiger partial charge in [0.1, 0.15) is 0 Å². The van der Waals surface area contributed by atoms with Crippen molar-refractivity contribution in [1.82, 2.24) is 0 Å². The molecule has 0 radical (unpaired) electrons. The van der Waals surface area contributed by atoms with E-state index < -0.39 is 0 Å². The van der Waals surface area contributed by atoms with Crippen LogP contribution in [-0.2, 0) is 25.8 Å². The van der Waals surface area contributed by atoms with Crippen LogP contribution in [0.5, 0.6) is 0 Å². The predicted octanol–water partition coefficient (Wildman–Crippen LogP) is -4.16. The largest absolute Gasteiger partial charge is 1.00 e. The standard InChI is InChI=1S/C4H10N.2ClH.Hf/c1-4(2,3)5;;;/h5H,1-3H3;2*1H;/q-1;;;/p-2.